The smallest absolute Gasteiger partial charge is 0.268 e. The third-order valence-corrected chi connectivity index (χ3v) is 6.82. The Labute approximate surface area is 196 Å². The molecule has 0 unspecified atom stereocenters. The minimum Gasteiger partial charge on any atom is -0.493 e. The molecule has 0 radical (unpaired) electrons. The number of hydrogen-bond donors (Lipinski definition) is 0. The maximum absolute atomic E-state index is 13.0. The van der Waals surface area contributed by atoms with E-state index in [9.17, 15) is 4.79 Å². The number of amides is 1. The molecule has 0 N–H and O–H groups in total. The van der Waals surface area contributed by atoms with Gasteiger partial charge in [0, 0.05) is 37.8 Å². The van der Waals surface area contributed by atoms with E-state index in [1.165, 1.54) is 31.2 Å². The number of benzene rings is 2. The number of hydrogen-bond acceptors (Lipinski definition) is 5. The number of rotatable bonds is 11. The highest BCUT2D eigenvalue weighted by Crippen LogP contribution is 2.40. The average Bonchev–Trinajstić information content (AvgIpc) is 3.75. The third-order valence-electron chi connectivity index (χ3n) is 6.82. The maximum Gasteiger partial charge on any atom is 0.268 e. The lowest BCUT2D eigenvalue weighted by Crippen LogP contribution is -2.32. The van der Waals surface area contributed by atoms with Gasteiger partial charge in [-0.2, -0.15) is 0 Å². The summed E-state index contributed by atoms with van der Waals surface area (Å²) in [4.78, 5) is 17.1. The Morgan fingerprint density at radius 2 is 1.79 bits per heavy atom. The molecule has 6 heteroatoms. The summed E-state index contributed by atoms with van der Waals surface area (Å²) < 4.78 is 17.6. The molecule has 0 bridgehead atoms. The Morgan fingerprint density at radius 1 is 1.00 bits per heavy atom. The van der Waals surface area contributed by atoms with Crippen LogP contribution >= 0.6 is 0 Å². The minimum atomic E-state index is -0.458. The number of carbonyl (C=O) groups is 1. The van der Waals surface area contributed by atoms with Crippen molar-refractivity contribution in [2.24, 2.45) is 5.92 Å². The molecule has 2 saturated carbocycles. The van der Waals surface area contributed by atoms with Crippen molar-refractivity contribution in [1.29, 1.82) is 0 Å². The highest BCUT2D eigenvalue weighted by molar-refractivity contribution is 5.99. The second-order valence-corrected chi connectivity index (χ2v) is 9.62. The van der Waals surface area contributed by atoms with E-state index in [0.717, 1.165) is 30.4 Å². The van der Waals surface area contributed by atoms with Crippen LogP contribution in [0.2, 0.25) is 0 Å². The van der Waals surface area contributed by atoms with Gasteiger partial charge in [-0.05, 0) is 74.4 Å². The topological polar surface area (TPSA) is 51.2 Å². The highest BCUT2D eigenvalue weighted by Gasteiger charge is 2.35. The monoisotopic (exact) mass is 450 g/mol. The molecular weight excluding hydrogens is 416 g/mol. The molecule has 176 valence electrons. The Hall–Kier alpha value is -2.73. The van der Waals surface area contributed by atoms with Gasteiger partial charge in [-0.1, -0.05) is 12.1 Å². The van der Waals surface area contributed by atoms with Gasteiger partial charge in [-0.3, -0.25) is 4.79 Å². The SMILES string of the molecule is COc1cc(N2CC[C@H](Oc3ccc(C4CC4)cc3)C2=O)ccc1OCCN(C)CC1CC1. The standard InChI is InChI=1S/C27H34N2O4/c1-28(18-19-3-4-19)15-16-32-24-12-9-22(17-26(24)31-2)29-14-13-25(27(29)30)33-23-10-7-21(8-11-23)20-5-6-20/h7-12,17,19-20,25H,3-6,13-16,18H2,1-2H3/t25-/m0/s1. The first-order valence-corrected chi connectivity index (χ1v) is 12.2. The molecular formula is C27H34N2O4. The third kappa shape index (κ3) is 5.44. The minimum absolute atomic E-state index is 0.0151. The number of likely N-dealkylation sites (N-methyl/N-ethyl adjacent to an activating group) is 1. The first-order chi connectivity index (χ1) is 16.1. The zero-order valence-corrected chi connectivity index (χ0v) is 19.7. The van der Waals surface area contributed by atoms with E-state index in [-0.39, 0.29) is 5.91 Å². The van der Waals surface area contributed by atoms with Crippen molar-refractivity contribution in [3.05, 3.63) is 48.0 Å². The predicted molar refractivity (Wildman–Crippen MR) is 129 cm³/mol. The maximum atomic E-state index is 13.0. The fourth-order valence-corrected chi connectivity index (χ4v) is 4.51. The molecule has 3 fully saturated rings. The van der Waals surface area contributed by atoms with Crippen molar-refractivity contribution < 1.29 is 19.0 Å². The quantitative estimate of drug-likeness (QED) is 0.505. The van der Waals surface area contributed by atoms with E-state index >= 15 is 0 Å². The van der Waals surface area contributed by atoms with Crippen molar-refractivity contribution >= 4 is 11.6 Å². The zero-order valence-electron chi connectivity index (χ0n) is 19.7. The summed E-state index contributed by atoms with van der Waals surface area (Å²) in [6.07, 6.45) is 5.47. The molecule has 2 aromatic rings. The van der Waals surface area contributed by atoms with Crippen molar-refractivity contribution in [2.45, 2.75) is 44.1 Å². The number of ether oxygens (including phenoxy) is 3. The molecule has 6 nitrogen and oxygen atoms in total. The van der Waals surface area contributed by atoms with E-state index in [2.05, 4.69) is 24.1 Å². The molecule has 33 heavy (non-hydrogen) atoms. The van der Waals surface area contributed by atoms with Crippen LogP contribution in [0, 0.1) is 5.92 Å². The molecule has 1 atom stereocenters. The van der Waals surface area contributed by atoms with Gasteiger partial charge in [0.25, 0.3) is 5.91 Å². The van der Waals surface area contributed by atoms with Crippen LogP contribution in [-0.4, -0.2) is 57.3 Å². The zero-order chi connectivity index (χ0) is 22.8. The van der Waals surface area contributed by atoms with Gasteiger partial charge in [-0.25, -0.2) is 0 Å². The first-order valence-electron chi connectivity index (χ1n) is 12.2. The van der Waals surface area contributed by atoms with Gasteiger partial charge in [0.15, 0.2) is 17.6 Å². The van der Waals surface area contributed by atoms with Gasteiger partial charge in [0.05, 0.1) is 7.11 Å². The Kier molecular flexibility index (Phi) is 6.45. The molecule has 1 aliphatic heterocycles. The Bertz CT molecular complexity index is 969. The van der Waals surface area contributed by atoms with Crippen LogP contribution in [0.25, 0.3) is 0 Å². The average molecular weight is 451 g/mol. The second-order valence-electron chi connectivity index (χ2n) is 9.62. The largest absolute Gasteiger partial charge is 0.493 e. The lowest BCUT2D eigenvalue weighted by atomic mass is 10.1. The summed E-state index contributed by atoms with van der Waals surface area (Å²) >= 11 is 0. The van der Waals surface area contributed by atoms with Crippen LogP contribution in [0.15, 0.2) is 42.5 Å². The van der Waals surface area contributed by atoms with E-state index in [4.69, 9.17) is 14.2 Å². The van der Waals surface area contributed by atoms with Crippen molar-refractivity contribution in [2.75, 3.05) is 45.3 Å². The number of carbonyl (C=O) groups excluding carboxylic acids is 1. The summed E-state index contributed by atoms with van der Waals surface area (Å²) in [7, 11) is 3.77. The summed E-state index contributed by atoms with van der Waals surface area (Å²) in [5.41, 5.74) is 2.18. The van der Waals surface area contributed by atoms with Crippen molar-refractivity contribution in [1.82, 2.24) is 4.90 Å². The van der Waals surface area contributed by atoms with Crippen LogP contribution in [0.4, 0.5) is 5.69 Å². The summed E-state index contributed by atoms with van der Waals surface area (Å²) in [5.74, 6) is 3.68. The van der Waals surface area contributed by atoms with Crippen LogP contribution in [0.3, 0.4) is 0 Å². The highest BCUT2D eigenvalue weighted by atomic mass is 16.5. The molecule has 1 amide bonds. The Morgan fingerprint density at radius 3 is 2.48 bits per heavy atom. The van der Waals surface area contributed by atoms with Crippen LogP contribution in [0.1, 0.15) is 43.6 Å². The van der Waals surface area contributed by atoms with Gasteiger partial charge >= 0.3 is 0 Å². The molecule has 2 aromatic carbocycles. The van der Waals surface area contributed by atoms with Gasteiger partial charge in [0.1, 0.15) is 12.4 Å². The number of nitrogens with zero attached hydrogens (tertiary/aromatic N) is 2. The molecule has 0 spiro atoms. The lowest BCUT2D eigenvalue weighted by molar-refractivity contribution is -0.122. The number of anilines is 1. The Balaban J connectivity index is 1.17. The van der Waals surface area contributed by atoms with E-state index in [0.29, 0.717) is 37.0 Å². The number of methoxy groups -OCH3 is 1. The fourth-order valence-electron chi connectivity index (χ4n) is 4.51. The molecule has 5 rings (SSSR count). The lowest BCUT2D eigenvalue weighted by Gasteiger charge is -2.20. The first kappa shape index (κ1) is 22.1. The van der Waals surface area contributed by atoms with Crippen molar-refractivity contribution in [3.8, 4) is 17.2 Å². The second kappa shape index (κ2) is 9.64. The van der Waals surface area contributed by atoms with Gasteiger partial charge in [0.2, 0.25) is 0 Å². The van der Waals surface area contributed by atoms with Gasteiger partial charge in [-0.15, -0.1) is 0 Å². The summed E-state index contributed by atoms with van der Waals surface area (Å²) in [5, 5.41) is 0. The summed E-state index contributed by atoms with van der Waals surface area (Å²) in [6.45, 7) is 3.26. The predicted octanol–water partition coefficient (Wildman–Crippen LogP) is 4.48. The van der Waals surface area contributed by atoms with E-state index in [1.54, 1.807) is 12.0 Å². The molecule has 1 saturated heterocycles. The normalized spacial score (nSPS) is 20.4. The van der Waals surface area contributed by atoms with Crippen LogP contribution in [0.5, 0.6) is 17.2 Å². The molecule has 0 aromatic heterocycles. The van der Waals surface area contributed by atoms with E-state index < -0.39 is 6.10 Å². The van der Waals surface area contributed by atoms with Crippen molar-refractivity contribution in [3.63, 3.8) is 0 Å². The van der Waals surface area contributed by atoms with Crippen LogP contribution < -0.4 is 19.1 Å². The van der Waals surface area contributed by atoms with Crippen LogP contribution in [-0.2, 0) is 4.79 Å². The molecule has 2 aliphatic carbocycles. The molecule has 1 heterocycles. The fraction of sp³-hybridized carbons (Fsp3) is 0.519. The van der Waals surface area contributed by atoms with Gasteiger partial charge < -0.3 is 24.0 Å². The van der Waals surface area contributed by atoms with E-state index in [1.807, 2.05) is 30.3 Å². The molecule has 3 aliphatic rings. The summed E-state index contributed by atoms with van der Waals surface area (Å²) in [6, 6.07) is 13.9.